The summed E-state index contributed by atoms with van der Waals surface area (Å²) in [5.74, 6) is -0.924. The van der Waals surface area contributed by atoms with Crippen molar-refractivity contribution in [1.82, 2.24) is 15.8 Å². The fourth-order valence-electron chi connectivity index (χ4n) is 2.78. The quantitative estimate of drug-likeness (QED) is 0.776. The number of carbonyl (C=O) groups is 3. The Morgan fingerprint density at radius 2 is 2.12 bits per heavy atom. The van der Waals surface area contributed by atoms with Crippen molar-refractivity contribution in [2.75, 3.05) is 19.7 Å². The number of nitrogens with zero attached hydrogens (tertiary/aromatic N) is 1. The predicted molar refractivity (Wildman–Crippen MR) is 85.8 cm³/mol. The summed E-state index contributed by atoms with van der Waals surface area (Å²) in [5, 5.41) is 3.99. The van der Waals surface area contributed by atoms with Crippen molar-refractivity contribution in [2.24, 2.45) is 5.92 Å². The number of hydrogen-bond donors (Lipinski definition) is 2. The van der Waals surface area contributed by atoms with Crippen LogP contribution in [-0.4, -0.2) is 54.3 Å². The summed E-state index contributed by atoms with van der Waals surface area (Å²) in [6, 6.07) is 0. The highest BCUT2D eigenvalue weighted by Crippen LogP contribution is 2.18. The molecule has 2 aliphatic rings. The maximum atomic E-state index is 12.2. The van der Waals surface area contributed by atoms with Gasteiger partial charge in [0.25, 0.3) is 0 Å². The first-order valence-electron chi connectivity index (χ1n) is 8.44. The zero-order valence-electron chi connectivity index (χ0n) is 14.6. The Balaban J connectivity index is 1.72. The molecule has 2 fully saturated rings. The van der Waals surface area contributed by atoms with Gasteiger partial charge in [0.05, 0.1) is 18.6 Å². The fraction of sp³-hybridized carbons (Fsp3) is 0.812. The molecule has 3 amide bonds. The number of carbonyl (C=O) groups excluding carboxylic acids is 3. The van der Waals surface area contributed by atoms with Gasteiger partial charge in [-0.3, -0.25) is 14.6 Å². The van der Waals surface area contributed by atoms with Gasteiger partial charge in [-0.25, -0.2) is 10.2 Å². The van der Waals surface area contributed by atoms with Crippen molar-refractivity contribution in [2.45, 2.75) is 58.2 Å². The number of rotatable bonds is 5. The zero-order chi connectivity index (χ0) is 17.7. The standard InChI is InChI=1S/C16H27N3O5/c1-16(2,3)24-15(22)18-19-10-11(9-13(19)20)14(21)17-7-6-12-5-4-8-23-12/h11-12H,4-10H2,1-3H3,(H,17,21)(H,18,22)/t11-,12+/m1/s1. The monoisotopic (exact) mass is 341 g/mol. The van der Waals surface area contributed by atoms with E-state index in [1.807, 2.05) is 0 Å². The van der Waals surface area contributed by atoms with Crippen LogP contribution in [0.25, 0.3) is 0 Å². The molecule has 0 aromatic heterocycles. The van der Waals surface area contributed by atoms with E-state index < -0.39 is 17.6 Å². The lowest BCUT2D eigenvalue weighted by molar-refractivity contribution is -0.130. The zero-order valence-corrected chi connectivity index (χ0v) is 14.6. The van der Waals surface area contributed by atoms with Crippen LogP contribution in [0.3, 0.4) is 0 Å². The van der Waals surface area contributed by atoms with Gasteiger partial charge in [-0.15, -0.1) is 0 Å². The van der Waals surface area contributed by atoms with Gasteiger partial charge in [0.15, 0.2) is 0 Å². The highest BCUT2D eigenvalue weighted by atomic mass is 16.6. The minimum Gasteiger partial charge on any atom is -0.443 e. The van der Waals surface area contributed by atoms with Crippen LogP contribution >= 0.6 is 0 Å². The SMILES string of the molecule is CC(C)(C)OC(=O)NN1C[C@H](C(=O)NCC[C@@H]2CCCO2)CC1=O. The van der Waals surface area contributed by atoms with Gasteiger partial charge in [-0.1, -0.05) is 0 Å². The van der Waals surface area contributed by atoms with E-state index in [-0.39, 0.29) is 30.9 Å². The van der Waals surface area contributed by atoms with Crippen LogP contribution in [0.1, 0.15) is 46.5 Å². The molecular weight excluding hydrogens is 314 g/mol. The second-order valence-corrected chi connectivity index (χ2v) is 7.23. The van der Waals surface area contributed by atoms with Crippen molar-refractivity contribution in [3.63, 3.8) is 0 Å². The van der Waals surface area contributed by atoms with E-state index in [2.05, 4.69) is 10.7 Å². The third-order valence-corrected chi connectivity index (χ3v) is 3.91. The molecule has 2 atom stereocenters. The Kier molecular flexibility index (Phi) is 6.04. The number of amides is 3. The lowest BCUT2D eigenvalue weighted by Gasteiger charge is -2.23. The molecule has 0 saturated carbocycles. The Morgan fingerprint density at radius 3 is 2.75 bits per heavy atom. The average Bonchev–Trinajstić information content (AvgIpc) is 3.07. The smallest absolute Gasteiger partial charge is 0.426 e. The fourth-order valence-corrected chi connectivity index (χ4v) is 2.78. The van der Waals surface area contributed by atoms with Crippen molar-refractivity contribution < 1.29 is 23.9 Å². The molecule has 0 aliphatic carbocycles. The van der Waals surface area contributed by atoms with E-state index in [9.17, 15) is 14.4 Å². The van der Waals surface area contributed by atoms with Gasteiger partial charge >= 0.3 is 6.09 Å². The molecule has 2 rings (SSSR count). The van der Waals surface area contributed by atoms with Gasteiger partial charge in [0, 0.05) is 19.6 Å². The van der Waals surface area contributed by atoms with Crippen LogP contribution in [0, 0.1) is 5.92 Å². The summed E-state index contributed by atoms with van der Waals surface area (Å²) in [5.41, 5.74) is 1.75. The normalized spacial score (nSPS) is 24.1. The van der Waals surface area contributed by atoms with Gasteiger partial charge in [-0.2, -0.15) is 0 Å². The molecule has 8 nitrogen and oxygen atoms in total. The van der Waals surface area contributed by atoms with E-state index in [0.29, 0.717) is 6.54 Å². The molecular formula is C16H27N3O5. The molecule has 0 spiro atoms. The Hall–Kier alpha value is -1.83. The highest BCUT2D eigenvalue weighted by Gasteiger charge is 2.36. The Labute approximate surface area is 142 Å². The van der Waals surface area contributed by atoms with E-state index in [1.165, 1.54) is 0 Å². The molecule has 2 saturated heterocycles. The lowest BCUT2D eigenvalue weighted by atomic mass is 10.1. The van der Waals surface area contributed by atoms with Crippen molar-refractivity contribution >= 4 is 17.9 Å². The summed E-state index contributed by atoms with van der Waals surface area (Å²) in [7, 11) is 0. The van der Waals surface area contributed by atoms with Crippen LogP contribution in [-0.2, 0) is 19.1 Å². The first-order chi connectivity index (χ1) is 11.2. The highest BCUT2D eigenvalue weighted by molar-refractivity contribution is 5.90. The van der Waals surface area contributed by atoms with E-state index in [4.69, 9.17) is 9.47 Å². The van der Waals surface area contributed by atoms with Crippen LogP contribution in [0.2, 0.25) is 0 Å². The minimum absolute atomic E-state index is 0.0849. The van der Waals surface area contributed by atoms with Gasteiger partial charge in [0.2, 0.25) is 11.8 Å². The number of hydrazine groups is 1. The number of ether oxygens (including phenoxy) is 2. The molecule has 24 heavy (non-hydrogen) atoms. The third kappa shape index (κ3) is 5.67. The molecule has 0 radical (unpaired) electrons. The number of nitrogens with one attached hydrogen (secondary N) is 2. The van der Waals surface area contributed by atoms with E-state index >= 15 is 0 Å². The van der Waals surface area contributed by atoms with Crippen molar-refractivity contribution in [1.29, 1.82) is 0 Å². The first kappa shape index (κ1) is 18.5. The number of hydrogen-bond acceptors (Lipinski definition) is 5. The first-order valence-corrected chi connectivity index (χ1v) is 8.44. The summed E-state index contributed by atoms with van der Waals surface area (Å²) in [6.07, 6.45) is 2.50. The lowest BCUT2D eigenvalue weighted by Crippen LogP contribution is -2.46. The van der Waals surface area contributed by atoms with Gasteiger partial charge < -0.3 is 14.8 Å². The van der Waals surface area contributed by atoms with Crippen LogP contribution in [0.15, 0.2) is 0 Å². The van der Waals surface area contributed by atoms with Crippen molar-refractivity contribution in [3.05, 3.63) is 0 Å². The second kappa shape index (κ2) is 7.83. The van der Waals surface area contributed by atoms with Crippen molar-refractivity contribution in [3.8, 4) is 0 Å². The maximum Gasteiger partial charge on any atom is 0.426 e. The third-order valence-electron chi connectivity index (χ3n) is 3.91. The van der Waals surface area contributed by atoms with Crippen LogP contribution in [0.4, 0.5) is 4.79 Å². The Morgan fingerprint density at radius 1 is 1.38 bits per heavy atom. The average molecular weight is 341 g/mol. The minimum atomic E-state index is -0.699. The summed E-state index contributed by atoms with van der Waals surface area (Å²) in [6.45, 7) is 6.70. The predicted octanol–water partition coefficient (Wildman–Crippen LogP) is 0.960. The molecule has 0 aromatic rings. The van der Waals surface area contributed by atoms with Gasteiger partial charge in [-0.05, 0) is 40.0 Å². The molecule has 0 aromatic carbocycles. The molecule has 2 N–H and O–H groups in total. The topological polar surface area (TPSA) is 97.0 Å². The summed E-state index contributed by atoms with van der Waals surface area (Å²) < 4.78 is 10.6. The Bertz CT molecular complexity index is 483. The largest absolute Gasteiger partial charge is 0.443 e. The van der Waals surface area contributed by atoms with Gasteiger partial charge in [0.1, 0.15) is 5.60 Å². The molecule has 2 aliphatic heterocycles. The molecule has 0 bridgehead atoms. The summed E-state index contributed by atoms with van der Waals surface area (Å²) >= 11 is 0. The second-order valence-electron chi connectivity index (χ2n) is 7.23. The maximum absolute atomic E-state index is 12.2. The van der Waals surface area contributed by atoms with Crippen LogP contribution < -0.4 is 10.7 Å². The van der Waals surface area contributed by atoms with E-state index in [1.54, 1.807) is 20.8 Å². The van der Waals surface area contributed by atoms with Crippen LogP contribution in [0.5, 0.6) is 0 Å². The molecule has 136 valence electrons. The molecule has 8 heteroatoms. The van der Waals surface area contributed by atoms with E-state index in [0.717, 1.165) is 30.9 Å². The molecule has 0 unspecified atom stereocenters. The summed E-state index contributed by atoms with van der Waals surface area (Å²) in [4.78, 5) is 35.8. The molecule has 2 heterocycles.